The second-order valence-corrected chi connectivity index (χ2v) is 7.85. The zero-order valence-corrected chi connectivity index (χ0v) is 14.0. The van der Waals surface area contributed by atoms with E-state index in [0.717, 1.165) is 53.3 Å². The van der Waals surface area contributed by atoms with Crippen molar-refractivity contribution in [2.24, 2.45) is 5.41 Å². The number of aromatic nitrogens is 2. The minimum atomic E-state index is 0.339. The Morgan fingerprint density at radius 1 is 1.17 bits per heavy atom. The molecule has 2 fully saturated rings. The normalized spacial score (nSPS) is 22.7. The summed E-state index contributed by atoms with van der Waals surface area (Å²) in [4.78, 5) is 0.869. The molecule has 0 unspecified atom stereocenters. The molecular weight excluding hydrogens is 332 g/mol. The lowest BCUT2D eigenvalue weighted by Crippen LogP contribution is -2.18. The minimum Gasteiger partial charge on any atom is -0.420 e. The molecule has 6 heteroatoms. The molecule has 2 aromatic heterocycles. The van der Waals surface area contributed by atoms with E-state index in [1.165, 1.54) is 0 Å². The number of ether oxygens (including phenoxy) is 1. The summed E-state index contributed by atoms with van der Waals surface area (Å²) in [6.07, 6.45) is 3.33. The van der Waals surface area contributed by atoms with Crippen LogP contribution in [0.4, 0.5) is 0 Å². The van der Waals surface area contributed by atoms with Crippen molar-refractivity contribution >= 4 is 33.0 Å². The number of hydrogen-bond acceptors (Lipinski definition) is 5. The van der Waals surface area contributed by atoms with E-state index >= 15 is 0 Å². The molecule has 1 saturated carbocycles. The van der Waals surface area contributed by atoms with Crippen LogP contribution in [0.25, 0.3) is 20.9 Å². The summed E-state index contributed by atoms with van der Waals surface area (Å²) < 4.78 is 12.6. The van der Waals surface area contributed by atoms with Gasteiger partial charge >= 0.3 is 0 Å². The van der Waals surface area contributed by atoms with Gasteiger partial charge in [-0.15, -0.1) is 21.5 Å². The maximum atomic E-state index is 6.50. The van der Waals surface area contributed by atoms with Crippen molar-refractivity contribution < 1.29 is 9.15 Å². The van der Waals surface area contributed by atoms with Crippen molar-refractivity contribution in [3.63, 3.8) is 0 Å². The molecule has 23 heavy (non-hydrogen) atoms. The van der Waals surface area contributed by atoms with E-state index in [1.54, 1.807) is 11.3 Å². The van der Waals surface area contributed by atoms with E-state index in [4.69, 9.17) is 20.8 Å². The predicted octanol–water partition coefficient (Wildman–Crippen LogP) is 4.89. The molecule has 1 spiro atoms. The first kappa shape index (κ1) is 14.0. The van der Waals surface area contributed by atoms with Gasteiger partial charge in [0.2, 0.25) is 5.89 Å². The Kier molecular flexibility index (Phi) is 3.05. The van der Waals surface area contributed by atoms with Gasteiger partial charge in [0.25, 0.3) is 5.89 Å². The summed E-state index contributed by atoms with van der Waals surface area (Å²) in [5, 5.41) is 10.3. The van der Waals surface area contributed by atoms with Crippen molar-refractivity contribution in [2.45, 2.75) is 25.2 Å². The van der Waals surface area contributed by atoms with Crippen LogP contribution in [0.2, 0.25) is 5.02 Å². The average molecular weight is 347 g/mol. The zero-order valence-electron chi connectivity index (χ0n) is 12.4. The van der Waals surface area contributed by atoms with Gasteiger partial charge in [0.1, 0.15) is 4.88 Å². The van der Waals surface area contributed by atoms with Gasteiger partial charge in [-0.3, -0.25) is 0 Å². The number of benzene rings is 1. The Labute approximate surface area is 142 Å². The molecule has 3 heterocycles. The highest BCUT2D eigenvalue weighted by Crippen LogP contribution is 2.64. The average Bonchev–Trinajstić information content (AvgIpc) is 2.96. The van der Waals surface area contributed by atoms with Crippen molar-refractivity contribution in [1.29, 1.82) is 0 Å². The molecule has 0 N–H and O–H groups in total. The molecule has 118 valence electrons. The van der Waals surface area contributed by atoms with Gasteiger partial charge in [-0.1, -0.05) is 29.8 Å². The lowest BCUT2D eigenvalue weighted by atomic mass is 9.94. The molecule has 4 nitrogen and oxygen atoms in total. The molecule has 0 amide bonds. The fourth-order valence-electron chi connectivity index (χ4n) is 3.65. The topological polar surface area (TPSA) is 48.2 Å². The quantitative estimate of drug-likeness (QED) is 0.663. The van der Waals surface area contributed by atoms with E-state index in [1.807, 2.05) is 18.2 Å². The van der Waals surface area contributed by atoms with Crippen molar-refractivity contribution in [1.82, 2.24) is 10.2 Å². The molecular formula is C17H15ClN2O2S. The zero-order chi connectivity index (χ0) is 15.4. The van der Waals surface area contributed by atoms with Gasteiger partial charge in [0.15, 0.2) is 0 Å². The van der Waals surface area contributed by atoms with Gasteiger partial charge < -0.3 is 9.15 Å². The molecule has 3 aromatic rings. The summed E-state index contributed by atoms with van der Waals surface area (Å²) in [5.74, 6) is 1.69. The van der Waals surface area contributed by atoms with Gasteiger partial charge in [0.05, 0.1) is 5.02 Å². The summed E-state index contributed by atoms with van der Waals surface area (Å²) in [7, 11) is 0. The Balaban J connectivity index is 1.48. The second-order valence-electron chi connectivity index (χ2n) is 6.42. The first-order chi connectivity index (χ1) is 11.3. The maximum Gasteiger partial charge on any atom is 0.259 e. The maximum absolute atomic E-state index is 6.50. The number of fused-ring (bicyclic) bond motifs is 1. The van der Waals surface area contributed by atoms with Crippen LogP contribution in [0, 0.1) is 5.41 Å². The molecule has 5 rings (SSSR count). The van der Waals surface area contributed by atoms with Crippen molar-refractivity contribution in [2.75, 3.05) is 13.2 Å². The number of thiophene rings is 1. The van der Waals surface area contributed by atoms with Crippen LogP contribution in [0.1, 0.15) is 31.1 Å². The Morgan fingerprint density at radius 3 is 2.83 bits per heavy atom. The van der Waals surface area contributed by atoms with Gasteiger partial charge in [-0.25, -0.2) is 0 Å². The van der Waals surface area contributed by atoms with E-state index in [2.05, 4.69) is 16.3 Å². The minimum absolute atomic E-state index is 0.339. The van der Waals surface area contributed by atoms with E-state index in [0.29, 0.717) is 22.2 Å². The highest BCUT2D eigenvalue weighted by molar-refractivity contribution is 7.23. The number of halogens is 1. The van der Waals surface area contributed by atoms with Crippen molar-refractivity contribution in [3.8, 4) is 10.8 Å². The highest BCUT2D eigenvalue weighted by atomic mass is 35.5. The molecule has 1 aliphatic carbocycles. The van der Waals surface area contributed by atoms with E-state index in [9.17, 15) is 0 Å². The Morgan fingerprint density at radius 2 is 2.00 bits per heavy atom. The van der Waals surface area contributed by atoms with Crippen LogP contribution >= 0.6 is 22.9 Å². The second kappa shape index (κ2) is 5.03. The van der Waals surface area contributed by atoms with Gasteiger partial charge in [-0.2, -0.15) is 0 Å². The third-order valence-corrected chi connectivity index (χ3v) is 6.81. The molecule has 1 aromatic carbocycles. The molecule has 0 bridgehead atoms. The molecule has 2 aliphatic rings. The van der Waals surface area contributed by atoms with Crippen LogP contribution < -0.4 is 0 Å². The number of rotatable bonds is 2. The fraction of sp³-hybridized carbons (Fsp3) is 0.412. The fourth-order valence-corrected chi connectivity index (χ4v) is 5.08. The van der Waals surface area contributed by atoms with Crippen LogP contribution in [0.5, 0.6) is 0 Å². The van der Waals surface area contributed by atoms with Gasteiger partial charge in [0, 0.05) is 29.2 Å². The van der Waals surface area contributed by atoms with E-state index < -0.39 is 0 Å². The van der Waals surface area contributed by atoms with Crippen LogP contribution in [-0.4, -0.2) is 23.4 Å². The molecule has 1 atom stereocenters. The van der Waals surface area contributed by atoms with Crippen LogP contribution in [0.3, 0.4) is 0 Å². The number of nitrogens with zero attached hydrogens (tertiary/aromatic N) is 2. The summed E-state index contributed by atoms with van der Waals surface area (Å²) in [5.41, 5.74) is 0.339. The summed E-state index contributed by atoms with van der Waals surface area (Å²) in [6, 6.07) is 8.08. The Bertz CT molecular complexity index is 882. The predicted molar refractivity (Wildman–Crippen MR) is 90.0 cm³/mol. The third-order valence-electron chi connectivity index (χ3n) is 5.15. The van der Waals surface area contributed by atoms with E-state index in [-0.39, 0.29) is 0 Å². The number of hydrogen-bond donors (Lipinski definition) is 0. The first-order valence-electron chi connectivity index (χ1n) is 7.85. The van der Waals surface area contributed by atoms with Gasteiger partial charge in [-0.05, 0) is 30.7 Å². The van der Waals surface area contributed by atoms with Crippen LogP contribution in [0.15, 0.2) is 28.7 Å². The monoisotopic (exact) mass is 346 g/mol. The first-order valence-corrected chi connectivity index (χ1v) is 9.05. The lowest BCUT2D eigenvalue weighted by molar-refractivity contribution is 0.0547. The third kappa shape index (κ3) is 2.14. The standard InChI is InChI=1S/C17H15ClN2O2S/c18-13-10-3-1-2-4-12(10)23-14(13)16-20-19-15(22-16)11-9-17(11)5-7-21-8-6-17/h1-4,11H,5-9H2/t11-/m0/s1. The lowest BCUT2D eigenvalue weighted by Gasteiger charge is -2.21. The van der Waals surface area contributed by atoms with Crippen molar-refractivity contribution in [3.05, 3.63) is 35.2 Å². The summed E-state index contributed by atoms with van der Waals surface area (Å²) in [6.45, 7) is 1.69. The molecule has 0 radical (unpaired) electrons. The highest BCUT2D eigenvalue weighted by Gasteiger charge is 2.57. The molecule has 1 saturated heterocycles. The smallest absolute Gasteiger partial charge is 0.259 e. The molecule has 1 aliphatic heterocycles. The Hall–Kier alpha value is -1.43. The summed E-state index contributed by atoms with van der Waals surface area (Å²) >= 11 is 8.11. The largest absolute Gasteiger partial charge is 0.420 e. The van der Waals surface area contributed by atoms with Crippen LogP contribution in [-0.2, 0) is 4.74 Å². The SMILES string of the molecule is Clc1c(-c2nnc([C@@H]3CC34CCOCC4)o2)sc2ccccc12.